The van der Waals surface area contributed by atoms with Crippen LogP contribution in [0.15, 0.2) is 18.2 Å². The zero-order valence-corrected chi connectivity index (χ0v) is 12.0. The first-order valence-electron chi connectivity index (χ1n) is 6.28. The van der Waals surface area contributed by atoms with Crippen LogP contribution in [-0.4, -0.2) is 6.61 Å². The predicted octanol–water partition coefficient (Wildman–Crippen LogP) is 3.44. The number of benzene rings is 1. The minimum Gasteiger partial charge on any atom is -0.481 e. The summed E-state index contributed by atoms with van der Waals surface area (Å²) < 4.78 is 5.65. The molecule has 0 bridgehead atoms. The molecule has 0 aliphatic carbocycles. The van der Waals surface area contributed by atoms with Crippen molar-refractivity contribution >= 4 is 0 Å². The third-order valence-corrected chi connectivity index (χ3v) is 2.49. The van der Waals surface area contributed by atoms with Crippen LogP contribution < -0.4 is 10.5 Å². The van der Waals surface area contributed by atoms with E-state index in [1.165, 1.54) is 0 Å². The Bertz CT molecular complexity index is 458. The van der Waals surface area contributed by atoms with Crippen molar-refractivity contribution in [2.24, 2.45) is 11.1 Å². The third kappa shape index (κ3) is 4.81. The molecule has 0 fully saturated rings. The highest BCUT2D eigenvalue weighted by molar-refractivity contribution is 5.37. The molecule has 1 atom stereocenters. The molecular weight excluding hydrogens is 222 g/mol. The van der Waals surface area contributed by atoms with Crippen LogP contribution in [0.4, 0.5) is 0 Å². The summed E-state index contributed by atoms with van der Waals surface area (Å²) in [4.78, 5) is 0. The molecule has 1 aromatic rings. The van der Waals surface area contributed by atoms with E-state index in [0.717, 1.165) is 16.9 Å². The molecule has 0 saturated carbocycles. The first-order valence-corrected chi connectivity index (χ1v) is 6.28. The Balaban J connectivity index is 2.66. The molecule has 2 N–H and O–H groups in total. The van der Waals surface area contributed by atoms with Gasteiger partial charge in [-0.3, -0.25) is 0 Å². The molecule has 98 valence electrons. The SMILES string of the molecule is Cc1cc(C(C)N)ccc1OCC#CC(C)(C)C. The van der Waals surface area contributed by atoms with Crippen molar-refractivity contribution in [1.82, 2.24) is 0 Å². The first kappa shape index (κ1) is 14.6. The lowest BCUT2D eigenvalue weighted by molar-refractivity contribution is 0.366. The molecule has 0 spiro atoms. The Labute approximate surface area is 111 Å². The van der Waals surface area contributed by atoms with Gasteiger partial charge in [0.15, 0.2) is 0 Å². The van der Waals surface area contributed by atoms with E-state index in [1.54, 1.807) is 0 Å². The number of nitrogens with two attached hydrogens (primary N) is 1. The van der Waals surface area contributed by atoms with E-state index in [2.05, 4.69) is 38.7 Å². The van der Waals surface area contributed by atoms with Crippen LogP contribution in [0.25, 0.3) is 0 Å². The van der Waals surface area contributed by atoms with Gasteiger partial charge in [-0.2, -0.15) is 0 Å². The first-order chi connectivity index (χ1) is 8.29. The molecule has 0 aliphatic heterocycles. The van der Waals surface area contributed by atoms with Crippen LogP contribution in [0.5, 0.6) is 5.75 Å². The quantitative estimate of drug-likeness (QED) is 0.828. The maximum atomic E-state index is 5.84. The van der Waals surface area contributed by atoms with Gasteiger partial charge in [0.1, 0.15) is 12.4 Å². The minimum atomic E-state index is 0.0250. The molecular formula is C16H23NO. The molecule has 2 heteroatoms. The van der Waals surface area contributed by atoms with Crippen LogP contribution in [0.3, 0.4) is 0 Å². The van der Waals surface area contributed by atoms with Crippen molar-refractivity contribution in [3.05, 3.63) is 29.3 Å². The van der Waals surface area contributed by atoms with E-state index in [0.29, 0.717) is 6.61 Å². The lowest BCUT2D eigenvalue weighted by Gasteiger charge is -2.11. The fourth-order valence-corrected chi connectivity index (χ4v) is 1.53. The van der Waals surface area contributed by atoms with E-state index in [1.807, 2.05) is 26.0 Å². The number of aryl methyl sites for hydroxylation is 1. The zero-order valence-electron chi connectivity index (χ0n) is 12.0. The van der Waals surface area contributed by atoms with Gasteiger partial charge < -0.3 is 10.5 Å². The fraction of sp³-hybridized carbons (Fsp3) is 0.500. The summed E-state index contributed by atoms with van der Waals surface area (Å²) in [6.07, 6.45) is 0. The van der Waals surface area contributed by atoms with Crippen LogP contribution in [0.1, 0.15) is 44.9 Å². The van der Waals surface area contributed by atoms with Gasteiger partial charge in [0.2, 0.25) is 0 Å². The van der Waals surface area contributed by atoms with Crippen molar-refractivity contribution in [2.45, 2.75) is 40.7 Å². The van der Waals surface area contributed by atoms with Gasteiger partial charge in [0, 0.05) is 11.5 Å². The summed E-state index contributed by atoms with van der Waals surface area (Å²) >= 11 is 0. The summed E-state index contributed by atoms with van der Waals surface area (Å²) in [5.74, 6) is 7.07. The van der Waals surface area contributed by atoms with Gasteiger partial charge in [0.25, 0.3) is 0 Å². The normalized spacial score (nSPS) is 12.6. The maximum absolute atomic E-state index is 5.84. The molecule has 1 unspecified atom stereocenters. The van der Waals surface area contributed by atoms with Crippen molar-refractivity contribution in [3.63, 3.8) is 0 Å². The second-order valence-corrected chi connectivity index (χ2v) is 5.65. The Morgan fingerprint density at radius 2 is 2.00 bits per heavy atom. The van der Waals surface area contributed by atoms with Gasteiger partial charge >= 0.3 is 0 Å². The smallest absolute Gasteiger partial charge is 0.149 e. The molecule has 18 heavy (non-hydrogen) atoms. The molecule has 0 saturated heterocycles. The monoisotopic (exact) mass is 245 g/mol. The standard InChI is InChI=1S/C16H23NO/c1-12-11-14(13(2)17)7-8-15(12)18-10-6-9-16(3,4)5/h7-8,11,13H,10,17H2,1-5H3. The van der Waals surface area contributed by atoms with Crippen LogP contribution in [-0.2, 0) is 0 Å². The average molecular weight is 245 g/mol. The highest BCUT2D eigenvalue weighted by atomic mass is 16.5. The second kappa shape index (κ2) is 5.93. The summed E-state index contributed by atoms with van der Waals surface area (Å²) in [5.41, 5.74) is 8.09. The maximum Gasteiger partial charge on any atom is 0.149 e. The number of hydrogen-bond donors (Lipinski definition) is 1. The van der Waals surface area contributed by atoms with Gasteiger partial charge in [-0.1, -0.05) is 24.0 Å². The lowest BCUT2D eigenvalue weighted by Crippen LogP contribution is -2.06. The Morgan fingerprint density at radius 1 is 1.33 bits per heavy atom. The molecule has 0 aliphatic rings. The van der Waals surface area contributed by atoms with Crippen LogP contribution in [0, 0.1) is 24.2 Å². The van der Waals surface area contributed by atoms with Crippen LogP contribution in [0.2, 0.25) is 0 Å². The van der Waals surface area contributed by atoms with Crippen molar-refractivity contribution < 1.29 is 4.74 Å². The minimum absolute atomic E-state index is 0.0250. The summed E-state index contributed by atoms with van der Waals surface area (Å²) in [7, 11) is 0. The molecule has 1 aromatic carbocycles. The van der Waals surface area contributed by atoms with E-state index in [9.17, 15) is 0 Å². The number of rotatable bonds is 3. The van der Waals surface area contributed by atoms with Crippen molar-refractivity contribution in [1.29, 1.82) is 0 Å². The van der Waals surface area contributed by atoms with E-state index < -0.39 is 0 Å². The average Bonchev–Trinajstić information content (AvgIpc) is 2.24. The summed E-state index contributed by atoms with van der Waals surface area (Å²) in [5, 5.41) is 0. The zero-order chi connectivity index (χ0) is 13.8. The van der Waals surface area contributed by atoms with Crippen molar-refractivity contribution in [2.75, 3.05) is 6.61 Å². The van der Waals surface area contributed by atoms with Gasteiger partial charge in [-0.15, -0.1) is 0 Å². The van der Waals surface area contributed by atoms with Gasteiger partial charge in [-0.25, -0.2) is 0 Å². The second-order valence-electron chi connectivity index (χ2n) is 5.65. The Hall–Kier alpha value is -1.46. The van der Waals surface area contributed by atoms with E-state index >= 15 is 0 Å². The number of hydrogen-bond acceptors (Lipinski definition) is 2. The van der Waals surface area contributed by atoms with Crippen molar-refractivity contribution in [3.8, 4) is 17.6 Å². The largest absolute Gasteiger partial charge is 0.481 e. The summed E-state index contributed by atoms with van der Waals surface area (Å²) in [6.45, 7) is 10.7. The third-order valence-electron chi connectivity index (χ3n) is 2.49. The van der Waals surface area contributed by atoms with E-state index in [4.69, 9.17) is 10.5 Å². The molecule has 1 rings (SSSR count). The lowest BCUT2D eigenvalue weighted by atomic mass is 9.98. The topological polar surface area (TPSA) is 35.2 Å². The predicted molar refractivity (Wildman–Crippen MR) is 76.5 cm³/mol. The van der Waals surface area contributed by atoms with E-state index in [-0.39, 0.29) is 11.5 Å². The van der Waals surface area contributed by atoms with Gasteiger partial charge in [0.05, 0.1) is 0 Å². The Kier molecular flexibility index (Phi) is 4.81. The molecule has 2 nitrogen and oxygen atoms in total. The Morgan fingerprint density at radius 3 is 2.50 bits per heavy atom. The molecule has 0 heterocycles. The number of ether oxygens (including phenoxy) is 1. The highest BCUT2D eigenvalue weighted by Gasteiger charge is 2.05. The highest BCUT2D eigenvalue weighted by Crippen LogP contribution is 2.21. The molecule has 0 amide bonds. The fourth-order valence-electron chi connectivity index (χ4n) is 1.53. The van der Waals surface area contributed by atoms with Crippen LogP contribution >= 0.6 is 0 Å². The molecule has 0 aromatic heterocycles. The molecule has 0 radical (unpaired) electrons. The van der Waals surface area contributed by atoms with Gasteiger partial charge in [-0.05, 0) is 51.8 Å². The summed E-state index contributed by atoms with van der Waals surface area (Å²) in [6, 6.07) is 6.09.